The second kappa shape index (κ2) is 8.12. The Kier molecular flexibility index (Phi) is 5.59. The van der Waals surface area contributed by atoms with E-state index in [1.54, 1.807) is 19.2 Å². The number of para-hydroxylation sites is 1. The molecule has 1 aromatic carbocycles. The summed E-state index contributed by atoms with van der Waals surface area (Å²) in [5.74, 6) is -0.388. The van der Waals surface area contributed by atoms with Gasteiger partial charge in [-0.15, -0.1) is 0 Å². The van der Waals surface area contributed by atoms with Crippen LogP contribution in [0, 0.1) is 11.3 Å². The number of alkyl halides is 3. The smallest absolute Gasteiger partial charge is 0.355 e. The number of benzene rings is 1. The highest BCUT2D eigenvalue weighted by atomic mass is 19.4. The molecule has 0 aliphatic rings. The van der Waals surface area contributed by atoms with Crippen molar-refractivity contribution in [3.8, 4) is 6.07 Å². The number of nitriles is 1. The van der Waals surface area contributed by atoms with Gasteiger partial charge in [0.25, 0.3) is 5.91 Å². The summed E-state index contributed by atoms with van der Waals surface area (Å²) in [4.78, 5) is 15.9. The molecule has 154 valence electrons. The van der Waals surface area contributed by atoms with E-state index in [9.17, 15) is 18.0 Å². The van der Waals surface area contributed by atoms with Gasteiger partial charge in [0.1, 0.15) is 11.9 Å². The van der Waals surface area contributed by atoms with Gasteiger partial charge in [0.2, 0.25) is 0 Å². The average Bonchev–Trinajstić information content (AvgIpc) is 3.06. The Balaban J connectivity index is 2.03. The van der Waals surface area contributed by atoms with Crippen LogP contribution in [0.2, 0.25) is 0 Å². The first-order valence-corrected chi connectivity index (χ1v) is 8.59. The number of amides is 1. The molecule has 0 saturated heterocycles. The minimum atomic E-state index is -4.68. The van der Waals surface area contributed by atoms with E-state index < -0.39 is 17.6 Å². The van der Waals surface area contributed by atoms with E-state index in [0.717, 1.165) is 6.07 Å². The molecule has 0 spiro atoms. The highest BCUT2D eigenvalue weighted by Crippen LogP contribution is 2.37. The molecule has 3 aromatic rings. The largest absolute Gasteiger partial charge is 0.419 e. The van der Waals surface area contributed by atoms with Crippen molar-refractivity contribution in [2.75, 3.05) is 17.7 Å². The van der Waals surface area contributed by atoms with Gasteiger partial charge >= 0.3 is 6.18 Å². The predicted octanol–water partition coefficient (Wildman–Crippen LogP) is 3.55. The monoisotopic (exact) mass is 415 g/mol. The number of nitrogens with zero attached hydrogens (tertiary/aromatic N) is 4. The Morgan fingerprint density at radius 3 is 2.57 bits per heavy atom. The fourth-order valence-electron chi connectivity index (χ4n) is 2.72. The van der Waals surface area contributed by atoms with E-state index >= 15 is 0 Å². The van der Waals surface area contributed by atoms with Crippen LogP contribution in [0.15, 0.2) is 42.7 Å². The van der Waals surface area contributed by atoms with Crippen LogP contribution < -0.4 is 16.0 Å². The zero-order chi connectivity index (χ0) is 21.9. The first kappa shape index (κ1) is 20.7. The Morgan fingerprint density at radius 2 is 1.90 bits per heavy atom. The summed E-state index contributed by atoms with van der Waals surface area (Å²) in [5, 5.41) is 21.0. The Hall–Kier alpha value is -4.07. The molecule has 2 heterocycles. The van der Waals surface area contributed by atoms with E-state index in [2.05, 4.69) is 26.0 Å². The normalized spacial score (nSPS) is 10.9. The van der Waals surface area contributed by atoms with Crippen molar-refractivity contribution in [3.05, 3.63) is 59.5 Å². The second-order valence-corrected chi connectivity index (χ2v) is 6.16. The molecule has 8 nitrogen and oxygen atoms in total. The molecule has 0 aliphatic carbocycles. The van der Waals surface area contributed by atoms with Crippen LogP contribution in [0.5, 0.6) is 0 Å². The number of hydrogen-bond donors (Lipinski definition) is 3. The molecule has 30 heavy (non-hydrogen) atoms. The lowest BCUT2D eigenvalue weighted by atomic mass is 10.1. The molecule has 3 rings (SSSR count). The lowest BCUT2D eigenvalue weighted by molar-refractivity contribution is -0.137. The lowest BCUT2D eigenvalue weighted by Crippen LogP contribution is -2.19. The molecule has 2 aromatic heterocycles. The minimum Gasteiger partial charge on any atom is -0.355 e. The third kappa shape index (κ3) is 4.33. The molecule has 0 aliphatic heterocycles. The van der Waals surface area contributed by atoms with Gasteiger partial charge in [-0.2, -0.15) is 23.5 Å². The molecule has 11 heteroatoms. The highest BCUT2D eigenvalue weighted by Gasteiger charge is 2.34. The number of carbonyl (C=O) groups excluding carboxylic acids is 1. The Labute approximate surface area is 169 Å². The van der Waals surface area contributed by atoms with E-state index in [1.807, 2.05) is 6.07 Å². The molecule has 1 amide bonds. The maximum atomic E-state index is 13.5. The number of carbonyl (C=O) groups is 1. The Morgan fingerprint density at radius 1 is 1.17 bits per heavy atom. The van der Waals surface area contributed by atoms with Crippen molar-refractivity contribution in [1.29, 1.82) is 5.26 Å². The summed E-state index contributed by atoms with van der Waals surface area (Å²) < 4.78 is 42.0. The first-order chi connectivity index (χ1) is 14.2. The fraction of sp³-hybridized carbons (Fsp3) is 0.158. The quantitative estimate of drug-likeness (QED) is 0.588. The van der Waals surface area contributed by atoms with Crippen LogP contribution >= 0.6 is 0 Å². The number of aryl methyl sites for hydroxylation is 1. The number of aromatic nitrogens is 3. The zero-order valence-electron chi connectivity index (χ0n) is 15.9. The number of pyridine rings is 1. The van der Waals surface area contributed by atoms with Crippen molar-refractivity contribution < 1.29 is 18.0 Å². The molecule has 0 fully saturated rings. The van der Waals surface area contributed by atoms with Gasteiger partial charge in [-0.3, -0.25) is 9.48 Å². The summed E-state index contributed by atoms with van der Waals surface area (Å²) in [5.41, 5.74) is -0.579. The lowest BCUT2D eigenvalue weighted by Gasteiger charge is -2.17. The van der Waals surface area contributed by atoms with Crippen molar-refractivity contribution >= 4 is 28.8 Å². The number of halogens is 3. The Bertz CT molecular complexity index is 1130. The van der Waals surface area contributed by atoms with Crippen LogP contribution in [-0.4, -0.2) is 27.7 Å². The van der Waals surface area contributed by atoms with E-state index in [0.29, 0.717) is 11.9 Å². The van der Waals surface area contributed by atoms with Crippen LogP contribution in [0.25, 0.3) is 0 Å². The molecule has 3 N–H and O–H groups in total. The topological polar surface area (TPSA) is 108 Å². The van der Waals surface area contributed by atoms with E-state index in [1.165, 1.54) is 30.1 Å². The summed E-state index contributed by atoms with van der Waals surface area (Å²) in [6.07, 6.45) is -2.50. The first-order valence-electron chi connectivity index (χ1n) is 8.59. The number of nitrogens with one attached hydrogen (secondary N) is 3. The summed E-state index contributed by atoms with van der Waals surface area (Å²) in [7, 11) is 3.03. The summed E-state index contributed by atoms with van der Waals surface area (Å²) in [6, 6.07) is 9.22. The van der Waals surface area contributed by atoms with Crippen LogP contribution in [0.1, 0.15) is 21.6 Å². The molecular formula is C19H16F3N7O. The summed E-state index contributed by atoms with van der Waals surface area (Å²) in [6.45, 7) is 0. The number of rotatable bonds is 5. The van der Waals surface area contributed by atoms with Crippen molar-refractivity contribution in [2.24, 2.45) is 7.05 Å². The van der Waals surface area contributed by atoms with Gasteiger partial charge in [-0.1, -0.05) is 12.1 Å². The second-order valence-electron chi connectivity index (χ2n) is 6.16. The number of hydrogen-bond acceptors (Lipinski definition) is 6. The zero-order valence-corrected chi connectivity index (χ0v) is 15.9. The molecule has 0 bridgehead atoms. The van der Waals surface area contributed by atoms with Crippen LogP contribution in [-0.2, 0) is 13.2 Å². The van der Waals surface area contributed by atoms with Gasteiger partial charge in [-0.25, -0.2) is 4.98 Å². The van der Waals surface area contributed by atoms with Gasteiger partial charge in [0, 0.05) is 32.6 Å². The molecule has 0 atom stereocenters. The van der Waals surface area contributed by atoms with Gasteiger partial charge in [0.05, 0.1) is 28.2 Å². The van der Waals surface area contributed by atoms with Gasteiger partial charge in [-0.05, 0) is 12.1 Å². The maximum absolute atomic E-state index is 13.5. The third-order valence-corrected chi connectivity index (χ3v) is 4.07. The molecular weight excluding hydrogens is 399 g/mol. The van der Waals surface area contributed by atoms with E-state index in [4.69, 9.17) is 5.26 Å². The fourth-order valence-corrected chi connectivity index (χ4v) is 2.72. The molecule has 0 saturated carbocycles. The highest BCUT2D eigenvalue weighted by molar-refractivity contribution is 6.00. The molecule has 0 radical (unpaired) electrons. The van der Waals surface area contributed by atoms with E-state index in [-0.39, 0.29) is 28.5 Å². The molecule has 0 unspecified atom stereocenters. The SMILES string of the molecule is CNC(=O)c1ccccc1Nc1cc(Nc2cn(C)nc2C#N)ncc1C(F)(F)F. The third-order valence-electron chi connectivity index (χ3n) is 4.07. The maximum Gasteiger partial charge on any atom is 0.419 e. The standard InChI is InChI=1S/C19H16F3N7O/c1-24-18(30)11-5-3-4-6-13(11)26-14-7-17(25-9-12(14)19(20,21)22)27-16-10-29(2)28-15(16)8-23/h3-7,9-10H,1-2H3,(H,24,30)(H2,25,26,27). The van der Waals surface area contributed by atoms with Gasteiger partial charge in [0.15, 0.2) is 5.69 Å². The van der Waals surface area contributed by atoms with Crippen molar-refractivity contribution in [2.45, 2.75) is 6.18 Å². The average molecular weight is 415 g/mol. The van der Waals surface area contributed by atoms with Crippen LogP contribution in [0.4, 0.5) is 36.1 Å². The predicted molar refractivity (Wildman–Crippen MR) is 104 cm³/mol. The van der Waals surface area contributed by atoms with Crippen molar-refractivity contribution in [3.63, 3.8) is 0 Å². The van der Waals surface area contributed by atoms with Crippen LogP contribution in [0.3, 0.4) is 0 Å². The van der Waals surface area contributed by atoms with Crippen molar-refractivity contribution in [1.82, 2.24) is 20.1 Å². The minimum absolute atomic E-state index is 0.0624. The number of anilines is 4. The summed E-state index contributed by atoms with van der Waals surface area (Å²) >= 11 is 0. The van der Waals surface area contributed by atoms with Gasteiger partial charge < -0.3 is 16.0 Å².